The number of amides is 1. The summed E-state index contributed by atoms with van der Waals surface area (Å²) in [6.45, 7) is 1.84. The van der Waals surface area contributed by atoms with Crippen LogP contribution in [0.4, 0.5) is 13.2 Å². The number of rotatable bonds is 5. The van der Waals surface area contributed by atoms with Gasteiger partial charge in [0.25, 0.3) is 0 Å². The lowest BCUT2D eigenvalue weighted by atomic mass is 10.0. The van der Waals surface area contributed by atoms with E-state index in [0.29, 0.717) is 11.3 Å². The summed E-state index contributed by atoms with van der Waals surface area (Å²) in [6, 6.07) is 10.9. The van der Waals surface area contributed by atoms with Crippen LogP contribution in [0.1, 0.15) is 27.2 Å². The molecule has 3 aromatic rings. The number of aryl methyl sites for hydroxylation is 1. The largest absolute Gasteiger partial charge is 0.489 e. The number of nitrogens with two attached hydrogens (primary N) is 1. The van der Waals surface area contributed by atoms with E-state index in [9.17, 15) is 18.0 Å². The molecular formula is C20H16F3N3O2. The molecule has 0 atom stereocenters. The van der Waals surface area contributed by atoms with Gasteiger partial charge in [0.05, 0.1) is 5.69 Å². The molecule has 1 amide bonds. The van der Waals surface area contributed by atoms with Crippen LogP contribution in [0.2, 0.25) is 0 Å². The summed E-state index contributed by atoms with van der Waals surface area (Å²) in [7, 11) is 0. The van der Waals surface area contributed by atoms with Crippen LogP contribution < -0.4 is 10.5 Å². The highest BCUT2D eigenvalue weighted by Gasteiger charge is 2.32. The van der Waals surface area contributed by atoms with Crippen molar-refractivity contribution < 1.29 is 22.7 Å². The fourth-order valence-corrected chi connectivity index (χ4v) is 2.64. The highest BCUT2D eigenvalue weighted by Crippen LogP contribution is 2.29. The minimum atomic E-state index is -4.53. The van der Waals surface area contributed by atoms with Gasteiger partial charge >= 0.3 is 6.18 Å². The van der Waals surface area contributed by atoms with E-state index in [1.165, 1.54) is 6.07 Å². The van der Waals surface area contributed by atoms with Gasteiger partial charge in [-0.25, -0.2) is 0 Å². The molecule has 5 nitrogen and oxygen atoms in total. The zero-order chi connectivity index (χ0) is 20.3. The van der Waals surface area contributed by atoms with Crippen LogP contribution in [0.15, 0.2) is 54.9 Å². The number of carbonyl (C=O) groups is 1. The zero-order valence-corrected chi connectivity index (χ0v) is 14.8. The summed E-state index contributed by atoms with van der Waals surface area (Å²) in [6.07, 6.45) is -1.89. The van der Waals surface area contributed by atoms with Gasteiger partial charge < -0.3 is 10.5 Å². The molecule has 0 fully saturated rings. The molecule has 2 heterocycles. The van der Waals surface area contributed by atoms with E-state index >= 15 is 0 Å². The first-order valence-electron chi connectivity index (χ1n) is 8.26. The molecule has 0 unspecified atom stereocenters. The zero-order valence-electron chi connectivity index (χ0n) is 14.8. The molecule has 3 rings (SSSR count). The third kappa shape index (κ3) is 4.46. The lowest BCUT2D eigenvalue weighted by Gasteiger charge is -2.10. The van der Waals surface area contributed by atoms with E-state index in [1.807, 2.05) is 0 Å². The minimum Gasteiger partial charge on any atom is -0.489 e. The number of aromatic nitrogens is 2. The van der Waals surface area contributed by atoms with Crippen LogP contribution in [0.3, 0.4) is 0 Å². The summed E-state index contributed by atoms with van der Waals surface area (Å²) >= 11 is 0. The molecular weight excluding hydrogens is 371 g/mol. The van der Waals surface area contributed by atoms with Gasteiger partial charge in [0.2, 0.25) is 5.91 Å². The van der Waals surface area contributed by atoms with Gasteiger partial charge in [0, 0.05) is 29.6 Å². The number of benzene rings is 1. The molecule has 0 spiro atoms. The fraction of sp³-hybridized carbons (Fsp3) is 0.150. The standard InChI is InChI=1S/C20H16F3N3O2/c1-12-8-14(2-3-16(12)19(24)27)17-9-13(4-6-25-17)11-28-15-5-7-26-18(10-15)20(21,22)23/h2-10H,11H2,1H3,(H2,24,27). The van der Waals surface area contributed by atoms with Gasteiger partial charge in [-0.3, -0.25) is 14.8 Å². The summed E-state index contributed by atoms with van der Waals surface area (Å²) in [4.78, 5) is 18.9. The van der Waals surface area contributed by atoms with Crippen LogP contribution in [0.5, 0.6) is 5.75 Å². The Balaban J connectivity index is 1.77. The Morgan fingerprint density at radius 3 is 2.50 bits per heavy atom. The summed E-state index contributed by atoms with van der Waals surface area (Å²) in [5, 5.41) is 0. The number of alkyl halides is 3. The van der Waals surface area contributed by atoms with Crippen LogP contribution in [0, 0.1) is 6.92 Å². The Labute approximate surface area is 159 Å². The average molecular weight is 387 g/mol. The molecule has 2 N–H and O–H groups in total. The van der Waals surface area contributed by atoms with E-state index in [1.54, 1.807) is 43.5 Å². The van der Waals surface area contributed by atoms with E-state index in [2.05, 4.69) is 9.97 Å². The Bertz CT molecular complexity index is 1020. The predicted molar refractivity (Wildman–Crippen MR) is 96.5 cm³/mol. The maximum absolute atomic E-state index is 12.7. The topological polar surface area (TPSA) is 78.1 Å². The average Bonchev–Trinajstić information content (AvgIpc) is 2.66. The molecule has 144 valence electrons. The highest BCUT2D eigenvalue weighted by atomic mass is 19.4. The second-order valence-electron chi connectivity index (χ2n) is 6.11. The molecule has 0 radical (unpaired) electrons. The van der Waals surface area contributed by atoms with Crippen molar-refractivity contribution in [1.29, 1.82) is 0 Å². The van der Waals surface area contributed by atoms with Crippen LogP contribution in [-0.2, 0) is 12.8 Å². The van der Waals surface area contributed by atoms with Crippen molar-refractivity contribution in [2.45, 2.75) is 19.7 Å². The Kier molecular flexibility index (Phi) is 5.30. The highest BCUT2D eigenvalue weighted by molar-refractivity contribution is 5.94. The molecule has 0 aliphatic carbocycles. The molecule has 0 saturated heterocycles. The Hall–Kier alpha value is -3.42. The quantitative estimate of drug-likeness (QED) is 0.713. The van der Waals surface area contributed by atoms with Crippen molar-refractivity contribution >= 4 is 5.91 Å². The maximum Gasteiger partial charge on any atom is 0.433 e. The Morgan fingerprint density at radius 2 is 1.82 bits per heavy atom. The van der Waals surface area contributed by atoms with E-state index in [4.69, 9.17) is 10.5 Å². The van der Waals surface area contributed by atoms with Gasteiger partial charge in [-0.15, -0.1) is 0 Å². The Morgan fingerprint density at radius 1 is 1.07 bits per heavy atom. The van der Waals surface area contributed by atoms with Gasteiger partial charge in [0.15, 0.2) is 0 Å². The number of pyridine rings is 2. The molecule has 0 aliphatic heterocycles. The summed E-state index contributed by atoms with van der Waals surface area (Å²) in [5.41, 5.74) is 7.62. The number of ether oxygens (including phenoxy) is 1. The lowest BCUT2D eigenvalue weighted by Crippen LogP contribution is -2.12. The molecule has 0 saturated carbocycles. The van der Waals surface area contributed by atoms with E-state index in [0.717, 1.165) is 29.0 Å². The van der Waals surface area contributed by atoms with Crippen molar-refractivity contribution in [3.05, 3.63) is 77.2 Å². The van der Waals surface area contributed by atoms with Gasteiger partial charge in [0.1, 0.15) is 18.1 Å². The first-order chi connectivity index (χ1) is 13.2. The summed E-state index contributed by atoms with van der Waals surface area (Å²) in [5.74, 6) is -0.433. The molecule has 0 aliphatic rings. The number of hydrogen-bond donors (Lipinski definition) is 1. The third-order valence-corrected chi connectivity index (χ3v) is 4.04. The predicted octanol–water partition coefficient (Wildman–Crippen LogP) is 4.15. The van der Waals surface area contributed by atoms with Crippen molar-refractivity contribution in [2.75, 3.05) is 0 Å². The SMILES string of the molecule is Cc1cc(-c2cc(COc3ccnc(C(F)(F)F)c3)ccn2)ccc1C(N)=O. The third-order valence-electron chi connectivity index (χ3n) is 4.04. The van der Waals surface area contributed by atoms with Crippen LogP contribution >= 0.6 is 0 Å². The van der Waals surface area contributed by atoms with Crippen molar-refractivity contribution in [3.8, 4) is 17.0 Å². The fourth-order valence-electron chi connectivity index (χ4n) is 2.64. The van der Waals surface area contributed by atoms with Crippen molar-refractivity contribution in [1.82, 2.24) is 9.97 Å². The van der Waals surface area contributed by atoms with Crippen LogP contribution in [-0.4, -0.2) is 15.9 Å². The monoisotopic (exact) mass is 387 g/mol. The number of hydrogen-bond acceptors (Lipinski definition) is 4. The molecule has 1 aromatic carbocycles. The number of primary amides is 1. The maximum atomic E-state index is 12.7. The smallest absolute Gasteiger partial charge is 0.433 e. The van der Waals surface area contributed by atoms with Gasteiger partial charge in [-0.05, 0) is 48.4 Å². The van der Waals surface area contributed by atoms with Crippen molar-refractivity contribution in [2.24, 2.45) is 5.73 Å². The number of nitrogens with zero attached hydrogens (tertiary/aromatic N) is 2. The van der Waals surface area contributed by atoms with Crippen LogP contribution in [0.25, 0.3) is 11.3 Å². The van der Waals surface area contributed by atoms with E-state index in [-0.39, 0.29) is 12.4 Å². The van der Waals surface area contributed by atoms with Crippen molar-refractivity contribution in [3.63, 3.8) is 0 Å². The molecule has 0 bridgehead atoms. The second kappa shape index (κ2) is 7.67. The second-order valence-corrected chi connectivity index (χ2v) is 6.11. The number of halogens is 3. The molecule has 2 aromatic heterocycles. The summed E-state index contributed by atoms with van der Waals surface area (Å²) < 4.78 is 43.6. The van der Waals surface area contributed by atoms with Gasteiger partial charge in [-0.2, -0.15) is 13.2 Å². The first kappa shape index (κ1) is 19.3. The molecule has 28 heavy (non-hydrogen) atoms. The van der Waals surface area contributed by atoms with E-state index < -0.39 is 17.8 Å². The lowest BCUT2D eigenvalue weighted by molar-refractivity contribution is -0.141. The molecule has 8 heteroatoms. The number of carbonyl (C=O) groups excluding carboxylic acids is 1. The normalized spacial score (nSPS) is 11.3. The first-order valence-corrected chi connectivity index (χ1v) is 8.26. The van der Waals surface area contributed by atoms with Gasteiger partial charge in [-0.1, -0.05) is 6.07 Å². The minimum absolute atomic E-state index is 0.0647.